The van der Waals surface area contributed by atoms with Crippen LogP contribution >= 0.6 is 0 Å². The molecule has 5 atom stereocenters. The van der Waals surface area contributed by atoms with E-state index in [1.54, 1.807) is 0 Å². The molecular formula is C18H19NO4. The molecule has 1 saturated heterocycles. The van der Waals surface area contributed by atoms with E-state index in [-0.39, 0.29) is 48.1 Å². The fraction of sp³-hybridized carbons (Fsp3) is 0.500. The monoisotopic (exact) mass is 313 g/mol. The topological polar surface area (TPSA) is 63.7 Å². The molecule has 0 N–H and O–H groups in total. The Kier molecular flexibility index (Phi) is 3.53. The zero-order valence-corrected chi connectivity index (χ0v) is 12.8. The number of ether oxygens (including phenoxy) is 1. The van der Waals surface area contributed by atoms with Crippen molar-refractivity contribution in [2.24, 2.45) is 29.6 Å². The van der Waals surface area contributed by atoms with Gasteiger partial charge in [0.15, 0.2) is 0 Å². The van der Waals surface area contributed by atoms with Gasteiger partial charge in [0, 0.05) is 5.92 Å². The van der Waals surface area contributed by atoms with Gasteiger partial charge in [-0.1, -0.05) is 30.3 Å². The van der Waals surface area contributed by atoms with E-state index < -0.39 is 0 Å². The van der Waals surface area contributed by atoms with Gasteiger partial charge in [0.05, 0.1) is 18.4 Å². The lowest BCUT2D eigenvalue weighted by molar-refractivity contribution is -0.147. The average molecular weight is 313 g/mol. The van der Waals surface area contributed by atoms with Crippen LogP contribution in [-0.4, -0.2) is 29.7 Å². The van der Waals surface area contributed by atoms with E-state index in [1.165, 1.54) is 4.90 Å². The van der Waals surface area contributed by atoms with Crippen LogP contribution in [0, 0.1) is 29.6 Å². The lowest BCUT2D eigenvalue weighted by Gasteiger charge is -2.19. The van der Waals surface area contributed by atoms with Crippen LogP contribution in [0.15, 0.2) is 30.3 Å². The van der Waals surface area contributed by atoms with Crippen molar-refractivity contribution in [2.75, 3.05) is 6.73 Å². The average Bonchev–Trinajstić information content (AvgIpc) is 3.20. The Morgan fingerprint density at radius 2 is 1.65 bits per heavy atom. The third-order valence-electron chi connectivity index (χ3n) is 5.72. The molecule has 5 heteroatoms. The van der Waals surface area contributed by atoms with Gasteiger partial charge >= 0.3 is 0 Å². The molecule has 0 spiro atoms. The van der Waals surface area contributed by atoms with Gasteiger partial charge < -0.3 is 9.53 Å². The lowest BCUT2D eigenvalue weighted by atomic mass is 9.81. The van der Waals surface area contributed by atoms with Crippen molar-refractivity contribution in [3.63, 3.8) is 0 Å². The number of rotatable bonds is 5. The van der Waals surface area contributed by atoms with Crippen molar-refractivity contribution in [1.29, 1.82) is 0 Å². The molecule has 2 bridgehead atoms. The second-order valence-corrected chi connectivity index (χ2v) is 6.74. The largest absolute Gasteiger partial charge is 0.356 e. The second-order valence-electron chi connectivity index (χ2n) is 6.74. The summed E-state index contributed by atoms with van der Waals surface area (Å²) in [6.45, 7) is 0.377. The summed E-state index contributed by atoms with van der Waals surface area (Å²) >= 11 is 0. The third-order valence-corrected chi connectivity index (χ3v) is 5.72. The SMILES string of the molecule is O=CC1[C@H]2CC[C@@H]1[C@@H]1C(=O)N(COCc3ccccc3)C(=O)[C@@H]12. The number of carbonyl (C=O) groups is 3. The number of hydrogen-bond donors (Lipinski definition) is 0. The first-order valence-electron chi connectivity index (χ1n) is 8.14. The zero-order chi connectivity index (χ0) is 16.0. The lowest BCUT2D eigenvalue weighted by Crippen LogP contribution is -2.36. The summed E-state index contributed by atoms with van der Waals surface area (Å²) < 4.78 is 5.57. The molecular weight excluding hydrogens is 294 g/mol. The number of hydrogen-bond acceptors (Lipinski definition) is 4. The Hall–Kier alpha value is -2.01. The predicted molar refractivity (Wildman–Crippen MR) is 80.7 cm³/mol. The van der Waals surface area contributed by atoms with Gasteiger partial charge in [-0.15, -0.1) is 0 Å². The highest BCUT2D eigenvalue weighted by molar-refractivity contribution is 6.06. The smallest absolute Gasteiger partial charge is 0.235 e. The second kappa shape index (κ2) is 5.57. The molecule has 3 fully saturated rings. The van der Waals surface area contributed by atoms with E-state index in [0.29, 0.717) is 6.61 Å². The molecule has 2 saturated carbocycles. The van der Waals surface area contributed by atoms with Gasteiger partial charge in [0.25, 0.3) is 0 Å². The molecule has 3 aliphatic rings. The summed E-state index contributed by atoms with van der Waals surface area (Å²) in [6, 6.07) is 9.66. The van der Waals surface area contributed by atoms with Crippen molar-refractivity contribution in [2.45, 2.75) is 19.4 Å². The van der Waals surface area contributed by atoms with Gasteiger partial charge in [-0.3, -0.25) is 14.5 Å². The normalized spacial score (nSPS) is 35.0. The maximum absolute atomic E-state index is 12.6. The first-order valence-corrected chi connectivity index (χ1v) is 8.14. The fourth-order valence-electron chi connectivity index (χ4n) is 4.76. The molecule has 1 aromatic rings. The third kappa shape index (κ3) is 2.14. The molecule has 1 aliphatic heterocycles. The molecule has 5 nitrogen and oxygen atoms in total. The van der Waals surface area contributed by atoms with Crippen LogP contribution in [0.25, 0.3) is 0 Å². The van der Waals surface area contributed by atoms with Crippen LogP contribution in [0.5, 0.6) is 0 Å². The highest BCUT2D eigenvalue weighted by atomic mass is 16.5. The highest BCUT2D eigenvalue weighted by Gasteiger charge is 2.65. The Bertz CT molecular complexity index is 614. The summed E-state index contributed by atoms with van der Waals surface area (Å²) in [5.41, 5.74) is 1.01. The minimum absolute atomic E-state index is 0.00472. The van der Waals surface area contributed by atoms with E-state index in [0.717, 1.165) is 24.7 Å². The van der Waals surface area contributed by atoms with E-state index >= 15 is 0 Å². The molecule has 2 amide bonds. The quantitative estimate of drug-likeness (QED) is 0.612. The summed E-state index contributed by atoms with van der Waals surface area (Å²) in [5.74, 6) is -0.880. The number of amides is 2. The van der Waals surface area contributed by atoms with Crippen molar-refractivity contribution in [1.82, 2.24) is 4.90 Å². The van der Waals surface area contributed by atoms with Crippen LogP contribution in [0.4, 0.5) is 0 Å². The maximum atomic E-state index is 12.6. The van der Waals surface area contributed by atoms with Gasteiger partial charge in [-0.25, -0.2) is 0 Å². The molecule has 120 valence electrons. The first-order chi connectivity index (χ1) is 11.2. The van der Waals surface area contributed by atoms with Crippen LogP contribution in [-0.2, 0) is 25.7 Å². The van der Waals surface area contributed by atoms with Crippen molar-refractivity contribution in [3.8, 4) is 0 Å². The maximum Gasteiger partial charge on any atom is 0.235 e. The van der Waals surface area contributed by atoms with Crippen molar-refractivity contribution in [3.05, 3.63) is 35.9 Å². The minimum atomic E-state index is -0.295. The Morgan fingerprint density at radius 3 is 2.22 bits per heavy atom. The zero-order valence-electron chi connectivity index (χ0n) is 12.8. The van der Waals surface area contributed by atoms with Crippen molar-refractivity contribution < 1.29 is 19.1 Å². The molecule has 1 aromatic carbocycles. The Morgan fingerprint density at radius 1 is 1.04 bits per heavy atom. The number of carbonyl (C=O) groups excluding carboxylic acids is 3. The molecule has 1 heterocycles. The molecule has 23 heavy (non-hydrogen) atoms. The summed E-state index contributed by atoms with van der Waals surface area (Å²) in [4.78, 5) is 37.7. The highest BCUT2D eigenvalue weighted by Crippen LogP contribution is 2.58. The predicted octanol–water partition coefficient (Wildman–Crippen LogP) is 1.62. The van der Waals surface area contributed by atoms with Gasteiger partial charge in [0.2, 0.25) is 11.8 Å². The summed E-state index contributed by atoms with van der Waals surface area (Å²) in [7, 11) is 0. The fourth-order valence-corrected chi connectivity index (χ4v) is 4.76. The van der Waals surface area contributed by atoms with E-state index in [2.05, 4.69) is 0 Å². The van der Waals surface area contributed by atoms with Crippen LogP contribution in [0.3, 0.4) is 0 Å². The molecule has 4 rings (SSSR count). The van der Waals surface area contributed by atoms with E-state index in [9.17, 15) is 14.4 Å². The number of benzene rings is 1. The number of fused-ring (bicyclic) bond motifs is 5. The molecule has 0 radical (unpaired) electrons. The van der Waals surface area contributed by atoms with E-state index in [4.69, 9.17) is 4.74 Å². The first kappa shape index (κ1) is 14.6. The van der Waals surface area contributed by atoms with Crippen LogP contribution in [0.2, 0.25) is 0 Å². The minimum Gasteiger partial charge on any atom is -0.356 e. The van der Waals surface area contributed by atoms with Crippen molar-refractivity contribution >= 4 is 18.1 Å². The standard InChI is InChI=1S/C18H19NO4/c20-8-14-12-6-7-13(14)16-15(12)17(21)19(18(16)22)10-23-9-11-4-2-1-3-5-11/h1-5,8,12-16H,6-7,9-10H2/t12-,13+,14?,15-,16+. The Balaban J connectivity index is 1.43. The number of aldehydes is 1. The van der Waals surface area contributed by atoms with Crippen LogP contribution < -0.4 is 0 Å². The Labute approximate surface area is 134 Å². The number of likely N-dealkylation sites (tertiary alicyclic amines) is 1. The van der Waals surface area contributed by atoms with E-state index in [1.807, 2.05) is 30.3 Å². The summed E-state index contributed by atoms with van der Waals surface area (Å²) in [5, 5.41) is 0. The number of imide groups is 1. The van der Waals surface area contributed by atoms with Crippen LogP contribution in [0.1, 0.15) is 18.4 Å². The van der Waals surface area contributed by atoms with Gasteiger partial charge in [-0.2, -0.15) is 0 Å². The number of nitrogens with zero attached hydrogens (tertiary/aromatic N) is 1. The summed E-state index contributed by atoms with van der Waals surface area (Å²) in [6.07, 6.45) is 2.72. The van der Waals surface area contributed by atoms with Gasteiger partial charge in [-0.05, 0) is 30.2 Å². The molecule has 0 aromatic heterocycles. The molecule has 2 aliphatic carbocycles. The molecule has 1 unspecified atom stereocenters. The van der Waals surface area contributed by atoms with Gasteiger partial charge in [0.1, 0.15) is 13.0 Å².